The van der Waals surface area contributed by atoms with Crippen LogP contribution in [0, 0.1) is 5.82 Å². The van der Waals surface area contributed by atoms with Crippen LogP contribution in [-0.2, 0) is 9.84 Å². The van der Waals surface area contributed by atoms with Gasteiger partial charge in [-0.3, -0.25) is 0 Å². The topological polar surface area (TPSA) is 87.6 Å². The van der Waals surface area contributed by atoms with Crippen molar-refractivity contribution in [2.24, 2.45) is 0 Å². The molecule has 1 N–H and O–H groups in total. The van der Waals surface area contributed by atoms with E-state index >= 15 is 0 Å². The van der Waals surface area contributed by atoms with Gasteiger partial charge < -0.3 is 10.0 Å². The predicted octanol–water partition coefficient (Wildman–Crippen LogP) is 4.71. The zero-order valence-electron chi connectivity index (χ0n) is 15.6. The molecule has 1 aliphatic heterocycles. The predicted molar refractivity (Wildman–Crippen MR) is 109 cm³/mol. The van der Waals surface area contributed by atoms with Gasteiger partial charge in [0, 0.05) is 18.4 Å². The van der Waals surface area contributed by atoms with E-state index in [2.05, 4.69) is 4.98 Å². The highest BCUT2D eigenvalue weighted by molar-refractivity contribution is 7.90. The molecule has 1 amide bonds. The molecule has 3 aromatic rings. The molecule has 1 unspecified atom stereocenters. The first-order valence-corrected chi connectivity index (χ1v) is 11.8. The van der Waals surface area contributed by atoms with Crippen molar-refractivity contribution in [1.82, 2.24) is 9.88 Å². The molecule has 0 aliphatic carbocycles. The summed E-state index contributed by atoms with van der Waals surface area (Å²) in [5.41, 5.74) is 1.79. The number of carbonyl (C=O) groups is 1. The Balaban J connectivity index is 1.72. The number of amides is 1. The summed E-state index contributed by atoms with van der Waals surface area (Å²) in [6.07, 6.45) is 2.69. The number of piperidine rings is 1. The first-order chi connectivity index (χ1) is 13.7. The third-order valence-electron chi connectivity index (χ3n) is 5.14. The molecule has 0 spiro atoms. The summed E-state index contributed by atoms with van der Waals surface area (Å²) in [7, 11) is -3.49. The van der Waals surface area contributed by atoms with Crippen LogP contribution in [0.5, 0.6) is 0 Å². The van der Waals surface area contributed by atoms with Gasteiger partial charge in [-0.2, -0.15) is 0 Å². The average Bonchev–Trinajstić information content (AvgIpc) is 3.10. The second kappa shape index (κ2) is 7.38. The largest absolute Gasteiger partial charge is 0.465 e. The molecule has 4 rings (SSSR count). The van der Waals surface area contributed by atoms with Gasteiger partial charge in [0.25, 0.3) is 0 Å². The summed E-state index contributed by atoms with van der Waals surface area (Å²) in [6.45, 7) is 0.512. The van der Waals surface area contributed by atoms with Crippen molar-refractivity contribution >= 4 is 37.5 Å². The summed E-state index contributed by atoms with van der Waals surface area (Å²) < 4.78 is 38.6. The van der Waals surface area contributed by atoms with E-state index in [4.69, 9.17) is 0 Å². The first kappa shape index (κ1) is 19.8. The molecule has 152 valence electrons. The van der Waals surface area contributed by atoms with Gasteiger partial charge in [-0.05, 0) is 55.2 Å². The van der Waals surface area contributed by atoms with Gasteiger partial charge in [-0.25, -0.2) is 22.6 Å². The SMILES string of the molecule is CS(=O)(=O)c1ccc(-c2nc3cc(C4CCCCN4C(=O)O)ccc3s2)c(F)c1. The molecule has 1 saturated heterocycles. The highest BCUT2D eigenvalue weighted by Gasteiger charge is 2.28. The number of halogens is 1. The van der Waals surface area contributed by atoms with Gasteiger partial charge in [0.1, 0.15) is 10.8 Å². The van der Waals surface area contributed by atoms with Crippen LogP contribution in [0.25, 0.3) is 20.8 Å². The molecule has 0 saturated carbocycles. The van der Waals surface area contributed by atoms with E-state index < -0.39 is 21.7 Å². The fraction of sp³-hybridized carbons (Fsp3) is 0.300. The van der Waals surface area contributed by atoms with E-state index in [0.29, 0.717) is 17.1 Å². The fourth-order valence-corrected chi connectivity index (χ4v) is 5.28. The van der Waals surface area contributed by atoms with Crippen LogP contribution in [-0.4, -0.2) is 42.3 Å². The van der Waals surface area contributed by atoms with E-state index in [-0.39, 0.29) is 16.5 Å². The molecule has 9 heteroatoms. The standard InChI is InChI=1S/C20H19FN2O4S2/c1-29(26,27)13-6-7-14(15(21)11-13)19-22-16-10-12(5-8-18(16)28-19)17-4-2-3-9-23(17)20(24)25/h5-8,10-11,17H,2-4,9H2,1H3,(H,24,25). The van der Waals surface area contributed by atoms with Crippen LogP contribution in [0.15, 0.2) is 41.3 Å². The summed E-state index contributed by atoms with van der Waals surface area (Å²) in [5, 5.41) is 9.93. The smallest absolute Gasteiger partial charge is 0.407 e. The van der Waals surface area contributed by atoms with E-state index in [1.807, 2.05) is 18.2 Å². The highest BCUT2D eigenvalue weighted by atomic mass is 32.2. The number of carboxylic acid groups (broad SMARTS) is 1. The Morgan fingerprint density at radius 3 is 2.72 bits per heavy atom. The lowest BCUT2D eigenvalue weighted by Gasteiger charge is -2.33. The number of likely N-dealkylation sites (tertiary alicyclic amines) is 1. The van der Waals surface area contributed by atoms with E-state index in [9.17, 15) is 22.7 Å². The van der Waals surface area contributed by atoms with E-state index in [1.54, 1.807) is 0 Å². The van der Waals surface area contributed by atoms with Crippen LogP contribution in [0.4, 0.5) is 9.18 Å². The number of fused-ring (bicyclic) bond motifs is 1. The number of sulfone groups is 1. The third-order valence-corrected chi connectivity index (χ3v) is 7.32. The monoisotopic (exact) mass is 434 g/mol. The Kier molecular flexibility index (Phi) is 5.04. The van der Waals surface area contributed by atoms with Gasteiger partial charge >= 0.3 is 6.09 Å². The first-order valence-electron chi connectivity index (χ1n) is 9.14. The van der Waals surface area contributed by atoms with Crippen molar-refractivity contribution in [3.63, 3.8) is 0 Å². The maximum Gasteiger partial charge on any atom is 0.407 e. The van der Waals surface area contributed by atoms with Crippen molar-refractivity contribution in [3.8, 4) is 10.6 Å². The maximum absolute atomic E-state index is 14.5. The van der Waals surface area contributed by atoms with E-state index in [1.165, 1.54) is 28.4 Å². The molecule has 29 heavy (non-hydrogen) atoms. The number of benzene rings is 2. The second-order valence-electron chi connectivity index (χ2n) is 7.15. The molecule has 2 heterocycles. The quantitative estimate of drug-likeness (QED) is 0.645. The number of thiazole rings is 1. The van der Waals surface area contributed by atoms with Gasteiger partial charge in [0.15, 0.2) is 9.84 Å². The minimum atomic E-state index is -3.49. The molecular weight excluding hydrogens is 415 g/mol. The summed E-state index contributed by atoms with van der Waals surface area (Å²) in [5.74, 6) is -0.642. The second-order valence-corrected chi connectivity index (χ2v) is 10.2. The lowest BCUT2D eigenvalue weighted by Crippen LogP contribution is -2.37. The van der Waals surface area contributed by atoms with Crippen molar-refractivity contribution in [2.45, 2.75) is 30.2 Å². The third kappa shape index (κ3) is 3.84. The summed E-state index contributed by atoms with van der Waals surface area (Å²) in [4.78, 5) is 17.5. The van der Waals surface area contributed by atoms with Gasteiger partial charge in [0.2, 0.25) is 0 Å². The Bertz CT molecular complexity index is 1210. The van der Waals surface area contributed by atoms with Crippen LogP contribution in [0.1, 0.15) is 30.9 Å². The normalized spacial score (nSPS) is 17.6. The van der Waals surface area contributed by atoms with Gasteiger partial charge in [0.05, 0.1) is 21.2 Å². The lowest BCUT2D eigenvalue weighted by molar-refractivity contribution is 0.107. The van der Waals surface area contributed by atoms with Crippen molar-refractivity contribution in [1.29, 1.82) is 0 Å². The summed E-state index contributed by atoms with van der Waals surface area (Å²) in [6, 6.07) is 9.25. The number of rotatable bonds is 3. The van der Waals surface area contributed by atoms with Crippen LogP contribution >= 0.6 is 11.3 Å². The van der Waals surface area contributed by atoms with Crippen LogP contribution in [0.3, 0.4) is 0 Å². The highest BCUT2D eigenvalue weighted by Crippen LogP contribution is 2.36. The molecule has 1 atom stereocenters. The molecule has 2 aromatic carbocycles. The molecule has 0 bridgehead atoms. The molecule has 1 aliphatic rings. The lowest BCUT2D eigenvalue weighted by atomic mass is 9.95. The number of hydrogen-bond donors (Lipinski definition) is 1. The number of nitrogens with zero attached hydrogens (tertiary/aromatic N) is 2. The van der Waals surface area contributed by atoms with Crippen LogP contribution in [0.2, 0.25) is 0 Å². The van der Waals surface area contributed by atoms with E-state index in [0.717, 1.165) is 41.8 Å². The zero-order chi connectivity index (χ0) is 20.8. The Morgan fingerprint density at radius 1 is 1.24 bits per heavy atom. The Labute approximate surface area is 171 Å². The van der Waals surface area contributed by atoms with Crippen molar-refractivity contribution in [3.05, 3.63) is 47.8 Å². The van der Waals surface area contributed by atoms with Crippen LogP contribution < -0.4 is 0 Å². The molecule has 6 nitrogen and oxygen atoms in total. The molecule has 1 aromatic heterocycles. The minimum absolute atomic E-state index is 0.0757. The Hall–Kier alpha value is -2.52. The van der Waals surface area contributed by atoms with Gasteiger partial charge in [-0.15, -0.1) is 11.3 Å². The maximum atomic E-state index is 14.5. The summed E-state index contributed by atoms with van der Waals surface area (Å²) >= 11 is 1.31. The van der Waals surface area contributed by atoms with Crippen molar-refractivity contribution < 1.29 is 22.7 Å². The Morgan fingerprint density at radius 2 is 2.03 bits per heavy atom. The number of hydrogen-bond acceptors (Lipinski definition) is 5. The number of aromatic nitrogens is 1. The average molecular weight is 435 g/mol. The fourth-order valence-electron chi connectivity index (χ4n) is 3.67. The molecule has 1 fully saturated rings. The molecular formula is C20H19FN2O4S2. The minimum Gasteiger partial charge on any atom is -0.465 e. The van der Waals surface area contributed by atoms with Crippen molar-refractivity contribution in [2.75, 3.05) is 12.8 Å². The van der Waals surface area contributed by atoms with Gasteiger partial charge in [-0.1, -0.05) is 6.07 Å². The zero-order valence-corrected chi connectivity index (χ0v) is 17.3. The molecule has 0 radical (unpaired) electrons.